The van der Waals surface area contributed by atoms with Crippen LogP contribution in [0.4, 0.5) is 4.39 Å². The number of allylic oxidation sites excluding steroid dienone is 1. The zero-order valence-corrected chi connectivity index (χ0v) is 14.3. The van der Waals surface area contributed by atoms with Crippen LogP contribution in [0.5, 0.6) is 0 Å². The third-order valence-corrected chi connectivity index (χ3v) is 3.47. The second kappa shape index (κ2) is 7.88. The van der Waals surface area contributed by atoms with E-state index in [1.807, 2.05) is 31.2 Å². The minimum atomic E-state index is -0.300. The molecule has 0 aliphatic carbocycles. The minimum Gasteiger partial charge on any atom is -0.253 e. The summed E-state index contributed by atoms with van der Waals surface area (Å²) in [5.74, 6) is -0.300. The van der Waals surface area contributed by atoms with Gasteiger partial charge in [-0.15, -0.1) is 0 Å². The number of hydrogen-bond donors (Lipinski definition) is 0. The summed E-state index contributed by atoms with van der Waals surface area (Å²) < 4.78 is 13.5. The van der Waals surface area contributed by atoms with Crippen molar-refractivity contribution in [2.45, 2.75) is 41.0 Å². The molecule has 1 aromatic heterocycles. The zero-order chi connectivity index (χ0) is 16.8. The molecule has 118 valence electrons. The van der Waals surface area contributed by atoms with Crippen LogP contribution in [-0.2, 0) is 0 Å². The van der Waals surface area contributed by atoms with Crippen molar-refractivity contribution in [2.24, 2.45) is 5.41 Å². The fraction of sp³-hybridized carbons (Fsp3) is 0.350. The van der Waals surface area contributed by atoms with Gasteiger partial charge in [-0.25, -0.2) is 4.39 Å². The Balaban J connectivity index is 0.000000346. The van der Waals surface area contributed by atoms with E-state index in [0.29, 0.717) is 11.1 Å². The number of aromatic nitrogens is 1. The molecule has 0 aliphatic rings. The van der Waals surface area contributed by atoms with Crippen molar-refractivity contribution in [2.75, 3.05) is 0 Å². The lowest BCUT2D eigenvalue weighted by molar-refractivity contribution is 0.398. The topological polar surface area (TPSA) is 12.9 Å². The van der Waals surface area contributed by atoms with Crippen LogP contribution in [0.25, 0.3) is 16.8 Å². The van der Waals surface area contributed by atoms with Crippen LogP contribution >= 0.6 is 0 Å². The van der Waals surface area contributed by atoms with E-state index < -0.39 is 0 Å². The molecule has 1 aromatic carbocycles. The summed E-state index contributed by atoms with van der Waals surface area (Å²) in [5, 5.41) is 0. The van der Waals surface area contributed by atoms with Crippen molar-refractivity contribution in [3.05, 3.63) is 60.6 Å². The maximum Gasteiger partial charge on any atom is 0.149 e. The van der Waals surface area contributed by atoms with Crippen LogP contribution in [0.3, 0.4) is 0 Å². The zero-order valence-electron chi connectivity index (χ0n) is 14.3. The highest BCUT2D eigenvalue weighted by Crippen LogP contribution is 2.22. The van der Waals surface area contributed by atoms with Gasteiger partial charge >= 0.3 is 0 Å². The second-order valence-electron chi connectivity index (χ2n) is 6.61. The van der Waals surface area contributed by atoms with Crippen LogP contribution < -0.4 is 0 Å². The Labute approximate surface area is 133 Å². The molecule has 22 heavy (non-hydrogen) atoms. The Morgan fingerprint density at radius 3 is 2.09 bits per heavy atom. The van der Waals surface area contributed by atoms with E-state index >= 15 is 0 Å². The van der Waals surface area contributed by atoms with Gasteiger partial charge in [0.05, 0.1) is 0 Å². The molecule has 1 nitrogen and oxygen atoms in total. The third kappa shape index (κ3) is 5.80. The van der Waals surface area contributed by atoms with E-state index in [9.17, 15) is 4.39 Å². The first kappa shape index (κ1) is 18.1. The molecule has 0 unspecified atom stereocenters. The van der Waals surface area contributed by atoms with Gasteiger partial charge in [0.25, 0.3) is 0 Å². The Hall–Kier alpha value is -1.96. The van der Waals surface area contributed by atoms with Crippen molar-refractivity contribution in [3.8, 4) is 11.3 Å². The quantitative estimate of drug-likeness (QED) is 0.628. The van der Waals surface area contributed by atoms with E-state index in [1.54, 1.807) is 12.3 Å². The molecule has 0 aliphatic heterocycles. The lowest BCUT2D eigenvalue weighted by Gasteiger charge is -2.12. The summed E-state index contributed by atoms with van der Waals surface area (Å²) in [4.78, 5) is 4.03. The van der Waals surface area contributed by atoms with Gasteiger partial charge in [-0.1, -0.05) is 70.5 Å². The van der Waals surface area contributed by atoms with Crippen LogP contribution in [0.1, 0.15) is 46.6 Å². The molecule has 0 atom stereocenters. The van der Waals surface area contributed by atoms with Crippen LogP contribution in [0.2, 0.25) is 0 Å². The first-order valence-corrected chi connectivity index (χ1v) is 7.61. The fourth-order valence-corrected chi connectivity index (χ4v) is 1.51. The Morgan fingerprint density at radius 1 is 1.14 bits per heavy atom. The van der Waals surface area contributed by atoms with Gasteiger partial charge in [-0.2, -0.15) is 0 Å². The highest BCUT2D eigenvalue weighted by atomic mass is 19.1. The molecule has 2 aromatic rings. The van der Waals surface area contributed by atoms with Gasteiger partial charge in [0, 0.05) is 11.8 Å². The monoisotopic (exact) mass is 299 g/mol. The number of nitrogens with zero attached hydrogens (tertiary/aromatic N) is 1. The summed E-state index contributed by atoms with van der Waals surface area (Å²) in [6.07, 6.45) is 2.86. The van der Waals surface area contributed by atoms with Gasteiger partial charge in [0.15, 0.2) is 0 Å². The first-order chi connectivity index (χ1) is 10.2. The van der Waals surface area contributed by atoms with Crippen molar-refractivity contribution < 1.29 is 4.39 Å². The van der Waals surface area contributed by atoms with E-state index in [2.05, 4.69) is 39.3 Å². The van der Waals surface area contributed by atoms with Gasteiger partial charge < -0.3 is 0 Å². The maximum absolute atomic E-state index is 13.5. The Morgan fingerprint density at radius 2 is 1.68 bits per heavy atom. The van der Waals surface area contributed by atoms with Gasteiger partial charge in [-0.05, 0) is 30.0 Å². The van der Waals surface area contributed by atoms with Crippen molar-refractivity contribution in [3.63, 3.8) is 0 Å². The smallest absolute Gasteiger partial charge is 0.149 e. The molecule has 0 fully saturated rings. The highest BCUT2D eigenvalue weighted by molar-refractivity contribution is 5.66. The number of halogens is 1. The highest BCUT2D eigenvalue weighted by Gasteiger charge is 2.05. The standard InChI is InChI=1S/C14H12FN.C6H14/c1-10(2)11-5-7-12(8-6-11)14-13(15)4-3-9-16-14;1-5-6(2,3)4/h3-9H,1H2,2H3;5H2,1-4H3. The Kier molecular flexibility index (Phi) is 6.48. The molecule has 2 heteroatoms. The molecule has 1 heterocycles. The Bertz CT molecular complexity index is 606. The fourth-order valence-electron chi connectivity index (χ4n) is 1.51. The summed E-state index contributed by atoms with van der Waals surface area (Å²) in [6, 6.07) is 10.6. The van der Waals surface area contributed by atoms with Gasteiger partial charge in [-0.3, -0.25) is 4.98 Å². The molecule has 0 saturated carbocycles. The van der Waals surface area contributed by atoms with Gasteiger partial charge in [0.2, 0.25) is 0 Å². The number of hydrogen-bond acceptors (Lipinski definition) is 1. The summed E-state index contributed by atoms with van der Waals surface area (Å²) in [7, 11) is 0. The summed E-state index contributed by atoms with van der Waals surface area (Å²) >= 11 is 0. The minimum absolute atomic E-state index is 0.300. The molecule has 0 saturated heterocycles. The predicted octanol–water partition coefficient (Wildman–Crippen LogP) is 6.36. The maximum atomic E-state index is 13.5. The number of benzene rings is 1. The molecular formula is C20H26FN. The van der Waals surface area contributed by atoms with E-state index in [4.69, 9.17) is 0 Å². The van der Waals surface area contributed by atoms with Crippen LogP contribution in [0, 0.1) is 11.2 Å². The largest absolute Gasteiger partial charge is 0.253 e. The van der Waals surface area contributed by atoms with E-state index in [-0.39, 0.29) is 5.82 Å². The normalized spacial score (nSPS) is 10.6. The third-order valence-electron chi connectivity index (χ3n) is 3.47. The molecular weight excluding hydrogens is 273 g/mol. The van der Waals surface area contributed by atoms with Crippen LogP contribution in [-0.4, -0.2) is 4.98 Å². The predicted molar refractivity (Wildman–Crippen MR) is 94.1 cm³/mol. The molecule has 2 rings (SSSR count). The average molecular weight is 299 g/mol. The SMILES string of the molecule is C=C(C)c1ccc(-c2ncccc2F)cc1.CCC(C)(C)C. The summed E-state index contributed by atoms with van der Waals surface area (Å²) in [5.41, 5.74) is 3.76. The molecule has 0 radical (unpaired) electrons. The first-order valence-electron chi connectivity index (χ1n) is 7.61. The van der Waals surface area contributed by atoms with Gasteiger partial charge in [0.1, 0.15) is 11.5 Å². The van der Waals surface area contributed by atoms with Crippen molar-refractivity contribution in [1.82, 2.24) is 4.98 Å². The molecule has 0 spiro atoms. The lowest BCUT2D eigenvalue weighted by atomic mass is 9.94. The lowest BCUT2D eigenvalue weighted by Crippen LogP contribution is -2.00. The van der Waals surface area contributed by atoms with E-state index in [1.165, 1.54) is 12.5 Å². The number of pyridine rings is 1. The summed E-state index contributed by atoms with van der Waals surface area (Å²) in [6.45, 7) is 14.7. The van der Waals surface area contributed by atoms with E-state index in [0.717, 1.165) is 16.7 Å². The van der Waals surface area contributed by atoms with Crippen molar-refractivity contribution >= 4 is 5.57 Å². The average Bonchev–Trinajstić information content (AvgIpc) is 2.48. The molecule has 0 N–H and O–H groups in total. The van der Waals surface area contributed by atoms with Crippen LogP contribution in [0.15, 0.2) is 49.2 Å². The van der Waals surface area contributed by atoms with Crippen molar-refractivity contribution in [1.29, 1.82) is 0 Å². The second-order valence-corrected chi connectivity index (χ2v) is 6.61. The molecule has 0 bridgehead atoms. The molecule has 0 amide bonds. The number of rotatable bonds is 2.